The summed E-state index contributed by atoms with van der Waals surface area (Å²) in [5.41, 5.74) is -0.717. The number of ether oxygens (including phenoxy) is 3. The van der Waals surface area contributed by atoms with Crippen LogP contribution in [0.1, 0.15) is 471 Å². The second-order valence-electron chi connectivity index (χ2n) is 33.6. The number of esters is 2. The van der Waals surface area contributed by atoms with Crippen molar-refractivity contribution in [2.75, 3.05) is 31.8 Å². The number of nitrogens with zero attached hydrogens (tertiary/aromatic N) is 4. The van der Waals surface area contributed by atoms with Crippen molar-refractivity contribution in [1.82, 2.24) is 30.2 Å². The molecule has 0 aliphatic carbocycles. The number of carboxylic acid groups (broad SMARTS) is 1. The van der Waals surface area contributed by atoms with E-state index in [4.69, 9.17) is 23.4 Å². The Morgan fingerprint density at radius 3 is 1.12 bits per heavy atom. The molecule has 0 amide bonds. The number of pyridine rings is 1. The Morgan fingerprint density at radius 2 is 0.797 bits per heavy atom. The predicted octanol–water partition coefficient (Wildman–Crippen LogP) is 18.0. The number of nitrogens with one attached hydrogen (secondary N) is 1. The smallest absolute Gasteiger partial charge is 1.00 e. The first-order valence-corrected chi connectivity index (χ1v) is 52.0. The minimum atomic E-state index is -1.01. The molecule has 0 saturated carbocycles. The van der Waals surface area contributed by atoms with Crippen LogP contribution < -0.4 is 101 Å². The summed E-state index contributed by atoms with van der Waals surface area (Å²) in [5.74, 6) is -1.54. The van der Waals surface area contributed by atoms with Crippen molar-refractivity contribution in [2.24, 2.45) is 0 Å². The Labute approximate surface area is 897 Å². The summed E-state index contributed by atoms with van der Waals surface area (Å²) in [5, 5.41) is 38.2. The van der Waals surface area contributed by atoms with E-state index in [-0.39, 0.29) is 179 Å². The van der Waals surface area contributed by atoms with Crippen molar-refractivity contribution >= 4 is 63.0 Å². The summed E-state index contributed by atoms with van der Waals surface area (Å²) in [7, 11) is 0. The zero-order valence-corrected chi connectivity index (χ0v) is 94.2. The van der Waals surface area contributed by atoms with Crippen LogP contribution in [0.3, 0.4) is 0 Å². The van der Waals surface area contributed by atoms with Gasteiger partial charge in [-0.2, -0.15) is 6.42 Å². The van der Waals surface area contributed by atoms with Crippen molar-refractivity contribution in [3.8, 4) is 17.2 Å². The molecule has 0 bridgehead atoms. The second-order valence-corrected chi connectivity index (χ2v) is 34.3. The number of Topliss-reactive ketones (excluding diaryl/α,β-unsaturated/α-hetero) is 4. The number of ketones is 4. The number of H-pyrrole nitrogens is 1. The molecule has 138 heavy (non-hydrogen) atoms. The van der Waals surface area contributed by atoms with Gasteiger partial charge in [0.1, 0.15) is 83.6 Å². The van der Waals surface area contributed by atoms with E-state index in [0.29, 0.717) is 50.4 Å². The average molecular weight is 2030 g/mol. The summed E-state index contributed by atoms with van der Waals surface area (Å²) in [6.07, 6.45) is 73.9. The first kappa shape index (κ1) is 153. The molecular formula is C106H188BrLiN6Na2O22. The van der Waals surface area contributed by atoms with E-state index in [0.717, 1.165) is 121 Å². The van der Waals surface area contributed by atoms with Gasteiger partial charge in [-0.25, -0.2) is 24.4 Å². The number of aliphatic carboxylic acids is 1. The maximum absolute atomic E-state index is 12.3. The fourth-order valence-corrected chi connectivity index (χ4v) is 13.6. The van der Waals surface area contributed by atoms with Gasteiger partial charge in [-0.3, -0.25) is 47.5 Å². The fraction of sp³-hybridized carbons (Fsp3) is 0.717. The van der Waals surface area contributed by atoms with Crippen molar-refractivity contribution in [3.05, 3.63) is 129 Å². The van der Waals surface area contributed by atoms with Crippen LogP contribution in [-0.4, -0.2) is 134 Å². The Bertz CT molecular complexity index is 3620. The summed E-state index contributed by atoms with van der Waals surface area (Å²) < 4.78 is 27.2. The number of aromatic amines is 1. The van der Waals surface area contributed by atoms with Gasteiger partial charge in [0.15, 0.2) is 5.78 Å². The molecule has 0 atom stereocenters. The molecule has 1 saturated heterocycles. The van der Waals surface area contributed by atoms with Crippen LogP contribution >= 0.6 is 15.9 Å². The number of hydrogen-bond acceptors (Lipinski definition) is 23. The van der Waals surface area contributed by atoms with Crippen LogP contribution in [0.15, 0.2) is 91.0 Å². The quantitative estimate of drug-likeness (QED) is 0.00400. The molecule has 5 aromatic heterocycles. The molecular weight excluding hydrogens is 1840 g/mol. The number of carbonyl (C=O) groups excluding carboxylic acids is 7. The monoisotopic (exact) mass is 2030 g/mol. The van der Waals surface area contributed by atoms with Crippen LogP contribution in [-0.2, 0) is 62.2 Å². The molecule has 28 nitrogen and oxygen atoms in total. The molecule has 0 spiro atoms. The maximum atomic E-state index is 12.3. The van der Waals surface area contributed by atoms with Crippen LogP contribution in [0.25, 0.3) is 0 Å². The Kier molecular flexibility index (Phi) is 129. The van der Waals surface area contributed by atoms with Crippen molar-refractivity contribution < 1.29 is 172 Å². The SMILES string of the molecule is C1CCOC1.CCCCCCCCBr.CCCCCCCCCC(=O)CC(=O)O.CCCCCCCCCC(=O)CC(=O)OCC.CCCCCCCCCc1cc(O)c(C(=O)CCCCCCCC)c(=O)o1.CCCCCCCCCc1cc(O)cc(=O)[nH]1.CCCCCCCCCc1cc(O)cc(=O)o1.CCOC(=O)CC(C)=O.N.O.O=C(n1ccnc1)n1ccnc1.[CH2-]CCC.[H-].[Li+].[Na+].[Na+].[OH-]. The summed E-state index contributed by atoms with van der Waals surface area (Å²) in [6, 6.07) is 6.72. The second kappa shape index (κ2) is 117. The molecule has 6 heterocycles. The number of aryl methyl sites for hydroxylation is 3. The van der Waals surface area contributed by atoms with Gasteiger partial charge < -0.3 is 73.9 Å². The van der Waals surface area contributed by atoms with Gasteiger partial charge in [0.2, 0.25) is 0 Å². The topological polar surface area (TPSA) is 471 Å². The number of unbranched alkanes of at least 4 members (excludes halogenated alkanes) is 41. The van der Waals surface area contributed by atoms with Crippen molar-refractivity contribution in [3.63, 3.8) is 0 Å². The van der Waals surface area contributed by atoms with E-state index in [9.17, 15) is 68.1 Å². The Balaban J connectivity index is -0.000000149. The average Bonchev–Trinajstić information content (AvgIpc) is 1.35. The van der Waals surface area contributed by atoms with Gasteiger partial charge in [-0.1, -0.05) is 335 Å². The fourth-order valence-electron chi connectivity index (χ4n) is 13.2. The van der Waals surface area contributed by atoms with E-state index in [1.54, 1.807) is 44.7 Å². The van der Waals surface area contributed by atoms with Crippen LogP contribution in [0.5, 0.6) is 17.2 Å². The molecule has 11 N–H and O–H groups in total. The molecule has 0 aromatic carbocycles. The standard InChI is InChI=1S/C23H38O4.C14H23NO2.C14H22O3.C14H26O3.C12H22O3.C8H17Br.C7H6N4O.C6H10O3.C4H8O.C4H9.Li.H3N.2Na.2H2O.H/c1-3-5-7-9-11-12-14-16-19-18-21(25)22(23(26)27-19)20(24)17-15-13-10-8-6-4-2;1-2-3-4-5-6-7-8-9-12-10-13(16)11-14(17)15-12;1-2-3-4-5-6-7-8-9-13-10-12(15)11-14(16)17-13;1-3-5-6-7-8-9-10-11-13(15)12-14(16)17-4-2;1-2-3-4-5-6-7-8-9-11(13)10-12(14)15;1-2-3-4-5-6-7-8-9;12-7(10-3-1-8-5-10)11-4-2-9-6-11;1-3-9-6(8)4-5(2)7;1-2-4-5-3-1;1-3-4-2;;;;;;;/h18,25H,3-17H2,1-2H3;10-11H,2-9H2,1H3,(H2,15,16,17);10-11,15H,2-9H2,1H3;3-12H2,1-2H3;2-10H2,1H3,(H,14,15);2-8H2,1H3;1-6H;3-4H2,1-2H3;1-4H2;1,3-4H2,2H3;;1H3;;;2*1H2;/q;;;;;;;;;-1;+1;;2*+1;;;-1/p-1. The van der Waals surface area contributed by atoms with Gasteiger partial charge in [0.05, 0.1) is 19.3 Å². The third kappa shape index (κ3) is 106. The number of alkyl halides is 1. The van der Waals surface area contributed by atoms with Crippen molar-refractivity contribution in [1.29, 1.82) is 0 Å². The molecule has 0 radical (unpaired) electrons. The molecule has 6 rings (SSSR count). The van der Waals surface area contributed by atoms with Crippen molar-refractivity contribution in [2.45, 2.75) is 461 Å². The molecule has 0 unspecified atom stereocenters. The van der Waals surface area contributed by atoms with Gasteiger partial charge in [-0.05, 0) is 91.0 Å². The molecule has 784 valence electrons. The summed E-state index contributed by atoms with van der Waals surface area (Å²) >= 11 is 3.42. The number of hydrogen-bond donors (Lipinski definition) is 6. The molecule has 32 heteroatoms. The normalized spacial score (nSPS) is 10.3. The third-order valence-corrected chi connectivity index (χ3v) is 21.3. The zero-order chi connectivity index (χ0) is 98.9. The minimum absolute atomic E-state index is 0. The minimum Gasteiger partial charge on any atom is -1.00 e. The Hall–Kier alpha value is -5.65. The molecule has 5 aromatic rings. The van der Waals surface area contributed by atoms with Gasteiger partial charge in [0.25, 0.3) is 5.56 Å². The predicted molar refractivity (Wildman–Crippen MR) is 550 cm³/mol. The number of carbonyl (C=O) groups is 8. The van der Waals surface area contributed by atoms with Gasteiger partial charge >= 0.3 is 113 Å². The number of rotatable bonds is 63. The van der Waals surface area contributed by atoms with Gasteiger partial charge in [-0.15, -0.1) is 0 Å². The summed E-state index contributed by atoms with van der Waals surface area (Å²) in [6.45, 7) is 28.7. The summed E-state index contributed by atoms with van der Waals surface area (Å²) in [4.78, 5) is 132. The first-order chi connectivity index (χ1) is 63.8. The third-order valence-electron chi connectivity index (χ3n) is 20.7. The Morgan fingerprint density at radius 1 is 0.457 bits per heavy atom. The van der Waals surface area contributed by atoms with Crippen LogP contribution in [0.2, 0.25) is 0 Å². The van der Waals surface area contributed by atoms with E-state index < -0.39 is 23.2 Å². The van der Waals surface area contributed by atoms with E-state index >= 15 is 0 Å². The van der Waals surface area contributed by atoms with Crippen LogP contribution in [0.4, 0.5) is 4.79 Å². The zero-order valence-electron chi connectivity index (χ0n) is 89.7. The maximum Gasteiger partial charge on any atom is 1.00 e. The first-order valence-electron chi connectivity index (χ1n) is 50.9. The number of halogens is 1. The van der Waals surface area contributed by atoms with E-state index in [2.05, 4.69) is 97.9 Å². The van der Waals surface area contributed by atoms with E-state index in [1.165, 1.54) is 296 Å². The number of aromatic nitrogens is 5. The molecule has 1 fully saturated rings. The van der Waals surface area contributed by atoms with Gasteiger partial charge in [0, 0.05) is 99.3 Å². The number of carboxylic acids is 1. The largest absolute Gasteiger partial charge is 1.00 e. The van der Waals surface area contributed by atoms with Crippen LogP contribution in [0, 0.1) is 6.92 Å². The van der Waals surface area contributed by atoms with E-state index in [1.807, 2.05) is 0 Å². The number of aromatic hydroxyl groups is 3. The molecule has 1 aliphatic heterocycles. The number of imidazole rings is 2. The molecule has 1 aliphatic rings.